The lowest BCUT2D eigenvalue weighted by molar-refractivity contribution is -0.185. The van der Waals surface area contributed by atoms with E-state index in [4.69, 9.17) is 18.0 Å². The molecule has 1 saturated carbocycles. The molecule has 0 aliphatic heterocycles. The van der Waals surface area contributed by atoms with Crippen molar-refractivity contribution in [1.82, 2.24) is 4.90 Å². The molecule has 0 bridgehead atoms. The van der Waals surface area contributed by atoms with E-state index < -0.39 is 12.1 Å². The summed E-state index contributed by atoms with van der Waals surface area (Å²) in [7, 11) is 0. The van der Waals surface area contributed by atoms with Crippen LogP contribution in [0.3, 0.4) is 0 Å². The second-order valence-corrected chi connectivity index (χ2v) is 5.84. The van der Waals surface area contributed by atoms with Crippen molar-refractivity contribution >= 4 is 23.1 Å². The third-order valence-electron chi connectivity index (χ3n) is 3.69. The Morgan fingerprint density at radius 1 is 1.30 bits per heavy atom. The number of carbonyl (C=O) groups is 1. The van der Waals surface area contributed by atoms with Crippen molar-refractivity contribution in [3.8, 4) is 0 Å². The first-order valence-corrected chi connectivity index (χ1v) is 7.30. The van der Waals surface area contributed by atoms with Gasteiger partial charge in [0.2, 0.25) is 5.91 Å². The van der Waals surface area contributed by atoms with E-state index in [1.165, 1.54) is 0 Å². The fourth-order valence-electron chi connectivity index (χ4n) is 2.65. The van der Waals surface area contributed by atoms with Crippen molar-refractivity contribution in [2.75, 3.05) is 13.1 Å². The van der Waals surface area contributed by atoms with E-state index in [9.17, 15) is 18.0 Å². The van der Waals surface area contributed by atoms with Crippen molar-refractivity contribution in [3.05, 3.63) is 0 Å². The maximum atomic E-state index is 12.6. The van der Waals surface area contributed by atoms with E-state index in [2.05, 4.69) is 0 Å². The lowest BCUT2D eigenvalue weighted by Gasteiger charge is -2.32. The standard InChI is InChI=1S/C13H21F3N2OS/c1-2-7-18(8-11(17)20)12(19)9-3-5-10(6-4-9)13(14,15)16/h9-10H,2-8H2,1H3,(H2,17,20). The molecule has 0 radical (unpaired) electrons. The summed E-state index contributed by atoms with van der Waals surface area (Å²) in [5, 5.41) is 0. The molecule has 0 aromatic rings. The van der Waals surface area contributed by atoms with Crippen molar-refractivity contribution in [3.63, 3.8) is 0 Å². The molecule has 1 fully saturated rings. The molecule has 116 valence electrons. The Hall–Kier alpha value is -0.850. The first-order valence-electron chi connectivity index (χ1n) is 6.89. The van der Waals surface area contributed by atoms with Crippen LogP contribution in [-0.2, 0) is 4.79 Å². The lowest BCUT2D eigenvalue weighted by Crippen LogP contribution is -2.43. The SMILES string of the molecule is CCCN(CC(N)=S)C(=O)C1CCC(C(F)(F)F)CC1. The average Bonchev–Trinajstić information content (AvgIpc) is 2.36. The van der Waals surface area contributed by atoms with Gasteiger partial charge in [-0.2, -0.15) is 13.2 Å². The largest absolute Gasteiger partial charge is 0.392 e. The number of rotatable bonds is 5. The normalized spacial score (nSPS) is 23.4. The summed E-state index contributed by atoms with van der Waals surface area (Å²) in [4.78, 5) is 14.1. The zero-order chi connectivity index (χ0) is 15.3. The van der Waals surface area contributed by atoms with Gasteiger partial charge in [-0.25, -0.2) is 0 Å². The van der Waals surface area contributed by atoms with Crippen LogP contribution in [0.4, 0.5) is 13.2 Å². The monoisotopic (exact) mass is 310 g/mol. The Morgan fingerprint density at radius 2 is 1.85 bits per heavy atom. The molecule has 1 aliphatic carbocycles. The van der Waals surface area contributed by atoms with Crippen molar-refractivity contribution in [2.24, 2.45) is 17.6 Å². The molecule has 1 aliphatic rings. The van der Waals surface area contributed by atoms with Crippen LogP contribution in [0.1, 0.15) is 39.0 Å². The molecule has 0 unspecified atom stereocenters. The molecule has 0 atom stereocenters. The van der Waals surface area contributed by atoms with Gasteiger partial charge in [-0.3, -0.25) is 4.79 Å². The molecule has 0 saturated heterocycles. The third-order valence-corrected chi connectivity index (χ3v) is 3.82. The summed E-state index contributed by atoms with van der Waals surface area (Å²) < 4.78 is 37.8. The van der Waals surface area contributed by atoms with Gasteiger partial charge in [0, 0.05) is 12.5 Å². The van der Waals surface area contributed by atoms with Crippen LogP contribution >= 0.6 is 12.2 Å². The van der Waals surface area contributed by atoms with Gasteiger partial charge in [-0.1, -0.05) is 19.1 Å². The Labute approximate surface area is 122 Å². The van der Waals surface area contributed by atoms with Crippen LogP contribution in [0.2, 0.25) is 0 Å². The predicted octanol–water partition coefficient (Wildman–Crippen LogP) is 2.88. The molecule has 0 aromatic carbocycles. The van der Waals surface area contributed by atoms with Crippen LogP contribution in [0.25, 0.3) is 0 Å². The number of carbonyl (C=O) groups excluding carboxylic acids is 1. The molecule has 20 heavy (non-hydrogen) atoms. The number of amides is 1. The Kier molecular flexibility index (Phi) is 6.23. The maximum Gasteiger partial charge on any atom is 0.391 e. The van der Waals surface area contributed by atoms with Gasteiger partial charge in [0.25, 0.3) is 0 Å². The zero-order valence-electron chi connectivity index (χ0n) is 11.6. The summed E-state index contributed by atoms with van der Waals surface area (Å²) >= 11 is 4.81. The molecule has 7 heteroatoms. The molecular weight excluding hydrogens is 289 g/mol. The number of nitrogens with two attached hydrogens (primary N) is 1. The summed E-state index contributed by atoms with van der Waals surface area (Å²) in [6, 6.07) is 0. The van der Waals surface area contributed by atoms with E-state index in [1.807, 2.05) is 6.92 Å². The van der Waals surface area contributed by atoms with Gasteiger partial charge in [-0.15, -0.1) is 0 Å². The fraction of sp³-hybridized carbons (Fsp3) is 0.846. The van der Waals surface area contributed by atoms with Gasteiger partial charge in [-0.05, 0) is 32.1 Å². The summed E-state index contributed by atoms with van der Waals surface area (Å²) in [6.07, 6.45) is -2.72. The minimum atomic E-state index is -4.14. The van der Waals surface area contributed by atoms with E-state index >= 15 is 0 Å². The molecule has 0 aromatic heterocycles. The molecule has 1 amide bonds. The number of thiocarbonyl (C=S) groups is 1. The van der Waals surface area contributed by atoms with E-state index in [1.54, 1.807) is 4.90 Å². The summed E-state index contributed by atoms with van der Waals surface area (Å²) in [6.45, 7) is 2.68. The highest BCUT2D eigenvalue weighted by Gasteiger charge is 2.42. The number of hydrogen-bond donors (Lipinski definition) is 1. The third kappa shape index (κ3) is 4.92. The van der Waals surface area contributed by atoms with E-state index in [0.717, 1.165) is 6.42 Å². The molecular formula is C13H21F3N2OS. The van der Waals surface area contributed by atoms with Gasteiger partial charge < -0.3 is 10.6 Å². The molecule has 1 rings (SSSR count). The summed E-state index contributed by atoms with van der Waals surface area (Å²) in [5.41, 5.74) is 5.46. The summed E-state index contributed by atoms with van der Waals surface area (Å²) in [5.74, 6) is -1.70. The average molecular weight is 310 g/mol. The van der Waals surface area contributed by atoms with Crippen LogP contribution in [0.15, 0.2) is 0 Å². The zero-order valence-corrected chi connectivity index (χ0v) is 12.4. The molecule has 0 heterocycles. The van der Waals surface area contributed by atoms with E-state index in [0.29, 0.717) is 19.4 Å². The second kappa shape index (κ2) is 7.24. The number of halogens is 3. The van der Waals surface area contributed by atoms with Crippen LogP contribution < -0.4 is 5.73 Å². The quantitative estimate of drug-likeness (QED) is 0.794. The number of nitrogens with zero attached hydrogens (tertiary/aromatic N) is 1. The minimum absolute atomic E-state index is 0.0347. The van der Waals surface area contributed by atoms with Gasteiger partial charge in [0.1, 0.15) is 0 Å². The first kappa shape index (κ1) is 17.2. The lowest BCUT2D eigenvalue weighted by atomic mass is 9.81. The molecule has 3 nitrogen and oxygen atoms in total. The number of alkyl halides is 3. The van der Waals surface area contributed by atoms with Crippen LogP contribution in [-0.4, -0.2) is 35.1 Å². The van der Waals surface area contributed by atoms with Crippen molar-refractivity contribution < 1.29 is 18.0 Å². The van der Waals surface area contributed by atoms with Crippen LogP contribution in [0.5, 0.6) is 0 Å². The Morgan fingerprint density at radius 3 is 2.25 bits per heavy atom. The first-order chi connectivity index (χ1) is 9.25. The number of hydrogen-bond acceptors (Lipinski definition) is 2. The molecule has 2 N–H and O–H groups in total. The fourth-order valence-corrected chi connectivity index (χ4v) is 2.81. The van der Waals surface area contributed by atoms with Crippen molar-refractivity contribution in [1.29, 1.82) is 0 Å². The van der Waals surface area contributed by atoms with Gasteiger partial charge in [0.15, 0.2) is 0 Å². The van der Waals surface area contributed by atoms with Crippen molar-refractivity contribution in [2.45, 2.75) is 45.2 Å². The Balaban J connectivity index is 2.57. The predicted molar refractivity (Wildman–Crippen MR) is 75.2 cm³/mol. The second-order valence-electron chi connectivity index (χ2n) is 5.32. The highest BCUT2D eigenvalue weighted by Crippen LogP contribution is 2.39. The minimum Gasteiger partial charge on any atom is -0.392 e. The smallest absolute Gasteiger partial charge is 0.391 e. The highest BCUT2D eigenvalue weighted by molar-refractivity contribution is 7.80. The van der Waals surface area contributed by atoms with E-state index in [-0.39, 0.29) is 36.2 Å². The Bertz CT molecular complexity index is 352. The molecule has 0 spiro atoms. The van der Waals surface area contributed by atoms with Gasteiger partial charge in [0.05, 0.1) is 17.5 Å². The topological polar surface area (TPSA) is 46.3 Å². The van der Waals surface area contributed by atoms with Crippen LogP contribution in [0, 0.1) is 11.8 Å². The highest BCUT2D eigenvalue weighted by atomic mass is 32.1. The maximum absolute atomic E-state index is 12.6. The van der Waals surface area contributed by atoms with Gasteiger partial charge >= 0.3 is 6.18 Å².